The van der Waals surface area contributed by atoms with E-state index >= 15 is 0 Å². The number of carbonyl (C=O) groups is 1. The van der Waals surface area contributed by atoms with Crippen LogP contribution in [-0.2, 0) is 0 Å². The monoisotopic (exact) mass is 374 g/mol. The minimum atomic E-state index is 0.102. The summed E-state index contributed by atoms with van der Waals surface area (Å²) >= 11 is 0. The lowest BCUT2D eigenvalue weighted by Gasteiger charge is -2.37. The Balaban J connectivity index is 1.43. The molecule has 2 aliphatic rings. The van der Waals surface area contributed by atoms with Gasteiger partial charge in [-0.1, -0.05) is 13.8 Å². The zero-order valence-corrected chi connectivity index (χ0v) is 17.2. The van der Waals surface area contributed by atoms with Crippen molar-refractivity contribution in [2.75, 3.05) is 31.1 Å². The Kier molecular flexibility index (Phi) is 6.52. The largest absolute Gasteiger partial charge is 0.356 e. The van der Waals surface area contributed by atoms with Crippen LogP contribution in [-0.4, -0.2) is 65.2 Å². The lowest BCUT2D eigenvalue weighted by atomic mass is 10.0. The maximum absolute atomic E-state index is 12.6. The number of piperidine rings is 2. The molecule has 3 rings (SSSR count). The number of nitrogens with one attached hydrogen (secondary N) is 2. The van der Waals surface area contributed by atoms with Crippen LogP contribution < -0.4 is 15.5 Å². The third-order valence-electron chi connectivity index (χ3n) is 5.45. The Morgan fingerprint density at radius 1 is 1.04 bits per heavy atom. The van der Waals surface area contributed by atoms with Crippen molar-refractivity contribution in [3.63, 3.8) is 0 Å². The topological polar surface area (TPSA) is 73.4 Å². The average Bonchev–Trinajstić information content (AvgIpc) is 2.61. The molecular weight excluding hydrogens is 340 g/mol. The summed E-state index contributed by atoms with van der Waals surface area (Å²) in [7, 11) is 0. The zero-order chi connectivity index (χ0) is 19.4. The first-order valence-corrected chi connectivity index (χ1v) is 10.3. The molecule has 0 spiro atoms. The lowest BCUT2D eigenvalue weighted by Crippen LogP contribution is -2.53. The van der Waals surface area contributed by atoms with E-state index in [0.29, 0.717) is 12.1 Å². The Morgan fingerprint density at radius 3 is 2.26 bits per heavy atom. The predicted octanol–water partition coefficient (Wildman–Crippen LogP) is 2.23. The van der Waals surface area contributed by atoms with Crippen molar-refractivity contribution in [2.24, 2.45) is 0 Å². The number of nitrogens with zero attached hydrogens (tertiary/aromatic N) is 4. The highest BCUT2D eigenvalue weighted by Crippen LogP contribution is 2.19. The number of anilines is 1. The van der Waals surface area contributed by atoms with Gasteiger partial charge in [-0.05, 0) is 39.5 Å². The van der Waals surface area contributed by atoms with E-state index in [9.17, 15) is 4.79 Å². The molecule has 7 nitrogen and oxygen atoms in total. The van der Waals surface area contributed by atoms with Crippen molar-refractivity contribution in [1.29, 1.82) is 0 Å². The van der Waals surface area contributed by atoms with Gasteiger partial charge in [0.2, 0.25) is 0 Å². The molecule has 2 N–H and O–H groups in total. The molecule has 0 radical (unpaired) electrons. The second kappa shape index (κ2) is 8.87. The fraction of sp³-hybridized carbons (Fsp3) is 0.750. The van der Waals surface area contributed by atoms with Gasteiger partial charge in [0.05, 0.1) is 0 Å². The first-order valence-electron chi connectivity index (χ1n) is 10.3. The van der Waals surface area contributed by atoms with Gasteiger partial charge >= 0.3 is 6.03 Å². The highest BCUT2D eigenvalue weighted by Gasteiger charge is 2.26. The predicted molar refractivity (Wildman–Crippen MR) is 108 cm³/mol. The average molecular weight is 375 g/mol. The summed E-state index contributed by atoms with van der Waals surface area (Å²) in [6, 6.07) is 3.44. The van der Waals surface area contributed by atoms with Crippen LogP contribution >= 0.6 is 0 Å². The van der Waals surface area contributed by atoms with E-state index in [4.69, 9.17) is 0 Å². The number of amides is 2. The summed E-state index contributed by atoms with van der Waals surface area (Å²) in [5, 5.41) is 6.82. The van der Waals surface area contributed by atoms with Crippen LogP contribution in [0.1, 0.15) is 51.0 Å². The van der Waals surface area contributed by atoms with Gasteiger partial charge in [-0.25, -0.2) is 14.8 Å². The third-order valence-corrected chi connectivity index (χ3v) is 5.45. The summed E-state index contributed by atoms with van der Waals surface area (Å²) in [6.45, 7) is 11.8. The number of likely N-dealkylation sites (tertiary alicyclic amines) is 1. The summed E-state index contributed by atoms with van der Waals surface area (Å²) in [6.07, 6.45) is 3.99. The molecule has 27 heavy (non-hydrogen) atoms. The molecule has 0 bridgehead atoms. The van der Waals surface area contributed by atoms with Crippen molar-refractivity contribution < 1.29 is 4.79 Å². The van der Waals surface area contributed by atoms with Gasteiger partial charge in [0.15, 0.2) is 0 Å². The van der Waals surface area contributed by atoms with Crippen LogP contribution in [0.4, 0.5) is 10.6 Å². The second-order valence-corrected chi connectivity index (χ2v) is 8.21. The Hall–Kier alpha value is -1.89. The van der Waals surface area contributed by atoms with Gasteiger partial charge in [-0.2, -0.15) is 0 Å². The van der Waals surface area contributed by atoms with Crippen LogP contribution in [0.15, 0.2) is 6.07 Å². The Morgan fingerprint density at radius 2 is 1.67 bits per heavy atom. The molecule has 0 saturated carbocycles. The smallest absolute Gasteiger partial charge is 0.317 e. The highest BCUT2D eigenvalue weighted by atomic mass is 16.2. The summed E-state index contributed by atoms with van der Waals surface area (Å²) in [5.41, 5.74) is 1.00. The molecule has 7 heteroatoms. The summed E-state index contributed by atoms with van der Waals surface area (Å²) in [4.78, 5) is 25.8. The molecule has 1 aromatic heterocycles. The van der Waals surface area contributed by atoms with E-state index in [2.05, 4.69) is 39.3 Å². The van der Waals surface area contributed by atoms with Crippen LogP contribution in [0.3, 0.4) is 0 Å². The number of hydrogen-bond acceptors (Lipinski definition) is 5. The van der Waals surface area contributed by atoms with E-state index in [1.807, 2.05) is 24.8 Å². The van der Waals surface area contributed by atoms with Crippen LogP contribution in [0.5, 0.6) is 0 Å². The molecule has 2 aliphatic heterocycles. The molecule has 0 unspecified atom stereocenters. The van der Waals surface area contributed by atoms with Gasteiger partial charge in [-0.15, -0.1) is 0 Å². The Bertz CT molecular complexity index is 613. The van der Waals surface area contributed by atoms with Gasteiger partial charge in [0.25, 0.3) is 0 Å². The minimum absolute atomic E-state index is 0.102. The number of rotatable bonds is 4. The number of carbonyl (C=O) groups excluding carboxylic acids is 1. The van der Waals surface area contributed by atoms with Crippen LogP contribution in [0, 0.1) is 13.8 Å². The van der Waals surface area contributed by atoms with Crippen molar-refractivity contribution in [3.8, 4) is 0 Å². The van der Waals surface area contributed by atoms with Crippen molar-refractivity contribution >= 4 is 11.8 Å². The van der Waals surface area contributed by atoms with Gasteiger partial charge in [0, 0.05) is 56.1 Å². The molecular formula is C20H34N6O. The number of hydrogen-bond donors (Lipinski definition) is 2. The van der Waals surface area contributed by atoms with Gasteiger partial charge in [-0.3, -0.25) is 0 Å². The first-order chi connectivity index (χ1) is 12.9. The second-order valence-electron chi connectivity index (χ2n) is 8.21. The molecule has 2 amide bonds. The molecule has 2 saturated heterocycles. The molecule has 0 atom stereocenters. The maximum atomic E-state index is 12.6. The normalized spacial score (nSPS) is 19.6. The molecule has 2 fully saturated rings. The first kappa shape index (κ1) is 19.9. The van der Waals surface area contributed by atoms with Gasteiger partial charge in [0.1, 0.15) is 11.6 Å². The third kappa shape index (κ3) is 5.54. The molecule has 1 aromatic rings. The van der Waals surface area contributed by atoms with Crippen molar-refractivity contribution in [1.82, 2.24) is 25.5 Å². The minimum Gasteiger partial charge on any atom is -0.356 e. The molecule has 0 aromatic carbocycles. The van der Waals surface area contributed by atoms with Gasteiger partial charge < -0.3 is 20.4 Å². The molecule has 0 aliphatic carbocycles. The van der Waals surface area contributed by atoms with Crippen molar-refractivity contribution in [3.05, 3.63) is 17.6 Å². The van der Waals surface area contributed by atoms with Crippen LogP contribution in [0.25, 0.3) is 0 Å². The SMILES string of the molecule is Cc1cc(N2CCC(NC(=O)N3CCC(NC(C)C)CC3)CC2)nc(C)n1. The quantitative estimate of drug-likeness (QED) is 0.845. The van der Waals surface area contributed by atoms with Crippen molar-refractivity contribution in [2.45, 2.75) is 71.5 Å². The maximum Gasteiger partial charge on any atom is 0.317 e. The van der Waals surface area contributed by atoms with Crippen LogP contribution in [0.2, 0.25) is 0 Å². The van der Waals surface area contributed by atoms with E-state index in [0.717, 1.165) is 69.2 Å². The summed E-state index contributed by atoms with van der Waals surface area (Å²) < 4.78 is 0. The zero-order valence-electron chi connectivity index (χ0n) is 17.2. The fourth-order valence-corrected chi connectivity index (χ4v) is 4.10. The van der Waals surface area contributed by atoms with E-state index in [1.165, 1.54) is 0 Å². The highest BCUT2D eigenvalue weighted by molar-refractivity contribution is 5.74. The van der Waals surface area contributed by atoms with E-state index in [-0.39, 0.29) is 12.1 Å². The van der Waals surface area contributed by atoms with E-state index < -0.39 is 0 Å². The number of aryl methyl sites for hydroxylation is 2. The number of urea groups is 1. The lowest BCUT2D eigenvalue weighted by molar-refractivity contribution is 0.169. The molecule has 3 heterocycles. The number of aromatic nitrogens is 2. The summed E-state index contributed by atoms with van der Waals surface area (Å²) in [5.74, 6) is 1.82. The molecule has 150 valence electrons. The Labute approximate surface area is 162 Å². The standard InChI is InChI=1S/C20H34N6O/c1-14(2)21-17-7-11-26(12-8-17)20(27)24-18-5-9-25(10-6-18)19-13-15(3)22-16(4)23-19/h13-14,17-18,21H,5-12H2,1-4H3,(H,24,27). The van der Waals surface area contributed by atoms with E-state index in [1.54, 1.807) is 0 Å². The fourth-order valence-electron chi connectivity index (χ4n) is 4.10.